The van der Waals surface area contributed by atoms with Crippen LogP contribution < -0.4 is 9.64 Å². The minimum atomic E-state index is -0.624. The Hall–Kier alpha value is -3.28. The summed E-state index contributed by atoms with van der Waals surface area (Å²) in [6, 6.07) is 15.2. The van der Waals surface area contributed by atoms with Crippen molar-refractivity contribution in [2.24, 2.45) is 0 Å². The maximum atomic E-state index is 13.3. The van der Waals surface area contributed by atoms with Crippen molar-refractivity contribution in [1.29, 1.82) is 0 Å². The van der Waals surface area contributed by atoms with Crippen LogP contribution in [0.3, 0.4) is 0 Å². The van der Waals surface area contributed by atoms with E-state index in [1.807, 2.05) is 69.3 Å². The fourth-order valence-corrected chi connectivity index (χ4v) is 3.88. The number of carbonyl (C=O) groups excluding carboxylic acids is 2. The molecule has 1 aromatic heterocycles. The number of rotatable bonds is 4. The van der Waals surface area contributed by atoms with Crippen LogP contribution in [0.5, 0.6) is 5.75 Å². The summed E-state index contributed by atoms with van der Waals surface area (Å²) in [5.41, 5.74) is 2.56. The molecule has 0 aliphatic rings. The van der Waals surface area contributed by atoms with E-state index in [1.54, 1.807) is 16.5 Å². The van der Waals surface area contributed by atoms with E-state index in [1.165, 1.54) is 6.92 Å². The quantitative estimate of drug-likeness (QED) is 0.469. The van der Waals surface area contributed by atoms with Gasteiger partial charge in [0.15, 0.2) is 0 Å². The normalized spacial score (nSPS) is 12.0. The van der Waals surface area contributed by atoms with Crippen molar-refractivity contribution in [3.05, 3.63) is 59.8 Å². The molecular formula is C27H34N2O4. The molecule has 0 bridgehead atoms. The van der Waals surface area contributed by atoms with Gasteiger partial charge in [-0.05, 0) is 62.1 Å². The van der Waals surface area contributed by atoms with Gasteiger partial charge >= 0.3 is 6.09 Å². The van der Waals surface area contributed by atoms with Crippen LogP contribution in [0.1, 0.15) is 59.7 Å². The highest BCUT2D eigenvalue weighted by Crippen LogP contribution is 2.37. The third-order valence-corrected chi connectivity index (χ3v) is 5.37. The van der Waals surface area contributed by atoms with Crippen molar-refractivity contribution >= 4 is 28.6 Å². The van der Waals surface area contributed by atoms with Crippen molar-refractivity contribution in [1.82, 2.24) is 4.57 Å². The summed E-state index contributed by atoms with van der Waals surface area (Å²) in [6.45, 7) is 13.7. The lowest BCUT2D eigenvalue weighted by molar-refractivity contribution is -0.116. The van der Waals surface area contributed by atoms with Crippen molar-refractivity contribution in [2.45, 2.75) is 66.1 Å². The summed E-state index contributed by atoms with van der Waals surface area (Å²) >= 11 is 0. The van der Waals surface area contributed by atoms with Gasteiger partial charge in [-0.3, -0.25) is 4.79 Å². The molecule has 0 saturated heterocycles. The minimum Gasteiger partial charge on any atom is -0.487 e. The molecular weight excluding hydrogens is 416 g/mol. The van der Waals surface area contributed by atoms with Gasteiger partial charge in [0.25, 0.3) is 0 Å². The Balaban J connectivity index is 2.04. The predicted molar refractivity (Wildman–Crippen MR) is 132 cm³/mol. The number of hydrogen-bond acceptors (Lipinski definition) is 4. The van der Waals surface area contributed by atoms with Crippen molar-refractivity contribution in [3.63, 3.8) is 0 Å². The number of amides is 1. The van der Waals surface area contributed by atoms with Gasteiger partial charge in [-0.1, -0.05) is 39.0 Å². The topological polar surface area (TPSA) is 60.8 Å². The number of benzene rings is 2. The highest BCUT2D eigenvalue weighted by atomic mass is 16.6. The Morgan fingerprint density at radius 1 is 0.939 bits per heavy atom. The lowest BCUT2D eigenvalue weighted by atomic mass is 9.85. The van der Waals surface area contributed by atoms with Crippen LogP contribution in [0.4, 0.5) is 10.5 Å². The monoisotopic (exact) mass is 450 g/mol. The van der Waals surface area contributed by atoms with Crippen LogP contribution in [0.15, 0.2) is 48.5 Å². The van der Waals surface area contributed by atoms with Crippen molar-refractivity contribution < 1.29 is 19.1 Å². The Morgan fingerprint density at radius 3 is 2.09 bits per heavy atom. The van der Waals surface area contributed by atoms with Crippen molar-refractivity contribution in [2.75, 3.05) is 11.9 Å². The molecule has 0 unspecified atom stereocenters. The van der Waals surface area contributed by atoms with E-state index < -0.39 is 11.7 Å². The molecule has 0 spiro atoms. The smallest absolute Gasteiger partial charge is 0.419 e. The van der Waals surface area contributed by atoms with Gasteiger partial charge in [-0.2, -0.15) is 0 Å². The first-order valence-electron chi connectivity index (χ1n) is 11.1. The molecule has 33 heavy (non-hydrogen) atoms. The van der Waals surface area contributed by atoms with Gasteiger partial charge in [0.1, 0.15) is 18.0 Å². The number of fused-ring (bicyclic) bond motifs is 1. The third-order valence-electron chi connectivity index (χ3n) is 5.37. The van der Waals surface area contributed by atoms with E-state index in [0.29, 0.717) is 5.75 Å². The van der Waals surface area contributed by atoms with E-state index in [2.05, 4.69) is 20.8 Å². The average Bonchev–Trinajstić information content (AvgIpc) is 3.05. The van der Waals surface area contributed by atoms with Crippen molar-refractivity contribution in [3.8, 4) is 5.75 Å². The van der Waals surface area contributed by atoms with Crippen LogP contribution in [-0.2, 0) is 21.6 Å². The summed E-state index contributed by atoms with van der Waals surface area (Å²) in [6.07, 6.45) is -0.425. The number of aromatic nitrogens is 1. The number of ether oxygens (including phenoxy) is 2. The van der Waals surface area contributed by atoms with E-state index in [0.717, 1.165) is 27.8 Å². The molecule has 0 fully saturated rings. The third kappa shape index (κ3) is 5.38. The molecule has 3 rings (SSSR count). The highest BCUT2D eigenvalue weighted by molar-refractivity contribution is 5.94. The Kier molecular flexibility index (Phi) is 6.59. The first-order chi connectivity index (χ1) is 15.3. The highest BCUT2D eigenvalue weighted by Gasteiger charge is 2.30. The number of nitrogens with zero attached hydrogens (tertiary/aromatic N) is 2. The second kappa shape index (κ2) is 8.93. The van der Waals surface area contributed by atoms with Gasteiger partial charge in [0, 0.05) is 25.0 Å². The number of anilines is 1. The van der Waals surface area contributed by atoms with E-state index in [-0.39, 0.29) is 17.9 Å². The fraction of sp³-hybridized carbons (Fsp3) is 0.407. The first kappa shape index (κ1) is 24.4. The van der Waals surface area contributed by atoms with E-state index >= 15 is 0 Å². The Labute approximate surface area is 196 Å². The summed E-state index contributed by atoms with van der Waals surface area (Å²) in [5.74, 6) is 0.608. The summed E-state index contributed by atoms with van der Waals surface area (Å²) < 4.78 is 13.5. The molecule has 2 aromatic carbocycles. The molecule has 0 aliphatic heterocycles. The zero-order chi connectivity index (χ0) is 24.6. The average molecular weight is 451 g/mol. The maximum absolute atomic E-state index is 13.3. The van der Waals surface area contributed by atoms with Crippen LogP contribution in [0.25, 0.3) is 10.9 Å². The standard InChI is InChI=1S/C27H34N2O4/c1-18(30)28(8)19-13-15-20(16-14-19)32-17-23-24(26(2,3)4)21-11-9-10-12-22(21)29(23)25(31)33-27(5,6)7/h9-16H,17H2,1-8H3. The van der Waals surface area contributed by atoms with Crippen LogP contribution in [0.2, 0.25) is 0 Å². The molecule has 1 heterocycles. The van der Waals surface area contributed by atoms with Gasteiger partial charge in [0.05, 0.1) is 11.2 Å². The van der Waals surface area contributed by atoms with Gasteiger partial charge in [-0.25, -0.2) is 9.36 Å². The number of para-hydroxylation sites is 1. The lowest BCUT2D eigenvalue weighted by Crippen LogP contribution is -2.29. The number of carbonyl (C=O) groups is 2. The summed E-state index contributed by atoms with van der Waals surface area (Å²) in [5, 5.41) is 1.01. The second-order valence-corrected chi connectivity index (χ2v) is 10.3. The fourth-order valence-electron chi connectivity index (χ4n) is 3.88. The Morgan fingerprint density at radius 2 is 1.55 bits per heavy atom. The molecule has 176 valence electrons. The predicted octanol–water partition coefficient (Wildman–Crippen LogP) is 6.28. The van der Waals surface area contributed by atoms with Gasteiger partial charge < -0.3 is 14.4 Å². The van der Waals surface area contributed by atoms with Crippen LogP contribution in [0, 0.1) is 0 Å². The minimum absolute atomic E-state index is 0.0413. The molecule has 0 aliphatic carbocycles. The zero-order valence-electron chi connectivity index (χ0n) is 20.9. The molecule has 3 aromatic rings. The molecule has 1 amide bonds. The largest absolute Gasteiger partial charge is 0.487 e. The summed E-state index contributed by atoms with van der Waals surface area (Å²) in [7, 11) is 1.73. The molecule has 6 heteroatoms. The SMILES string of the molecule is CC(=O)N(C)c1ccc(OCc2c(C(C)(C)C)c3ccccc3n2C(=O)OC(C)(C)C)cc1. The first-order valence-corrected chi connectivity index (χ1v) is 11.1. The molecule has 6 nitrogen and oxygen atoms in total. The second-order valence-electron chi connectivity index (χ2n) is 10.3. The number of hydrogen-bond donors (Lipinski definition) is 0. The van der Waals surface area contributed by atoms with E-state index in [4.69, 9.17) is 9.47 Å². The molecule has 0 radical (unpaired) electrons. The summed E-state index contributed by atoms with van der Waals surface area (Å²) in [4.78, 5) is 26.5. The van der Waals surface area contributed by atoms with Crippen LogP contribution >= 0.6 is 0 Å². The lowest BCUT2D eigenvalue weighted by Gasteiger charge is -2.23. The van der Waals surface area contributed by atoms with E-state index in [9.17, 15) is 9.59 Å². The zero-order valence-corrected chi connectivity index (χ0v) is 20.9. The molecule has 0 atom stereocenters. The maximum Gasteiger partial charge on any atom is 0.419 e. The van der Waals surface area contributed by atoms with Gasteiger partial charge in [-0.15, -0.1) is 0 Å². The molecule has 0 saturated carbocycles. The van der Waals surface area contributed by atoms with Crippen LogP contribution in [-0.4, -0.2) is 29.2 Å². The molecule has 0 N–H and O–H groups in total. The van der Waals surface area contributed by atoms with Gasteiger partial charge in [0.2, 0.25) is 5.91 Å². The Bertz CT molecular complexity index is 1160.